The van der Waals surface area contributed by atoms with Crippen molar-refractivity contribution in [2.45, 2.75) is 0 Å². The predicted octanol–water partition coefficient (Wildman–Crippen LogP) is 4.16. The van der Waals surface area contributed by atoms with E-state index in [1.54, 1.807) is 48.5 Å². The summed E-state index contributed by atoms with van der Waals surface area (Å²) in [6.45, 7) is -0.634. The highest BCUT2D eigenvalue weighted by Gasteiger charge is 2.24. The van der Waals surface area contributed by atoms with Crippen molar-refractivity contribution >= 4 is 27.3 Å². The molecule has 3 rings (SSSR count). The fourth-order valence-electron chi connectivity index (χ4n) is 2.66. The van der Waals surface area contributed by atoms with Gasteiger partial charge in [0.1, 0.15) is 23.9 Å². The van der Waals surface area contributed by atoms with Crippen LogP contribution in [0.3, 0.4) is 0 Å². The Hall–Kier alpha value is -3.46. The van der Waals surface area contributed by atoms with Crippen LogP contribution >= 0.6 is 0 Å². The van der Waals surface area contributed by atoms with Crippen LogP contribution in [0.4, 0.5) is 20.2 Å². The van der Waals surface area contributed by atoms with Crippen LogP contribution in [0.1, 0.15) is 0 Å². The molecule has 6 nitrogen and oxygen atoms in total. The van der Waals surface area contributed by atoms with Gasteiger partial charge in [-0.2, -0.15) is 0 Å². The van der Waals surface area contributed by atoms with E-state index < -0.39 is 34.1 Å². The van der Waals surface area contributed by atoms with Gasteiger partial charge in [-0.05, 0) is 36.4 Å². The van der Waals surface area contributed by atoms with Crippen LogP contribution in [0.25, 0.3) is 0 Å². The van der Waals surface area contributed by atoms with Crippen LogP contribution in [-0.4, -0.2) is 27.1 Å². The normalized spacial score (nSPS) is 11.0. The summed E-state index contributed by atoms with van der Waals surface area (Å²) in [5, 5.41) is 2.25. The third kappa shape index (κ3) is 5.32. The van der Waals surface area contributed by atoms with Crippen molar-refractivity contribution in [3.63, 3.8) is 0 Å². The Labute approximate surface area is 172 Å². The van der Waals surface area contributed by atoms with Crippen molar-refractivity contribution in [1.29, 1.82) is 0 Å². The lowest BCUT2D eigenvalue weighted by atomic mass is 10.2. The second-order valence-electron chi connectivity index (χ2n) is 6.32. The molecule has 0 spiro atoms. The van der Waals surface area contributed by atoms with Crippen molar-refractivity contribution in [2.75, 3.05) is 22.4 Å². The molecule has 30 heavy (non-hydrogen) atoms. The van der Waals surface area contributed by atoms with Gasteiger partial charge in [0.15, 0.2) is 5.75 Å². The quantitative estimate of drug-likeness (QED) is 0.608. The fraction of sp³-hybridized carbons (Fsp3) is 0.0952. The van der Waals surface area contributed by atoms with Crippen molar-refractivity contribution in [1.82, 2.24) is 0 Å². The molecule has 156 valence electrons. The molecular weight excluding hydrogens is 414 g/mol. The van der Waals surface area contributed by atoms with Crippen molar-refractivity contribution in [3.05, 3.63) is 84.4 Å². The number of amides is 1. The molecule has 0 aromatic heterocycles. The molecule has 0 fully saturated rings. The van der Waals surface area contributed by atoms with Gasteiger partial charge in [0.2, 0.25) is 15.9 Å². The highest BCUT2D eigenvalue weighted by atomic mass is 32.2. The molecule has 1 N–H and O–H groups in total. The lowest BCUT2D eigenvalue weighted by Crippen LogP contribution is -2.37. The topological polar surface area (TPSA) is 75.7 Å². The number of carbonyl (C=O) groups is 1. The summed E-state index contributed by atoms with van der Waals surface area (Å²) >= 11 is 0. The zero-order valence-corrected chi connectivity index (χ0v) is 16.7. The minimum Gasteiger partial charge on any atom is -0.455 e. The van der Waals surface area contributed by atoms with Gasteiger partial charge in [0.05, 0.1) is 17.6 Å². The van der Waals surface area contributed by atoms with Crippen LogP contribution in [0.5, 0.6) is 11.5 Å². The van der Waals surface area contributed by atoms with E-state index in [2.05, 4.69) is 5.32 Å². The Balaban J connectivity index is 1.88. The number of hydrogen-bond acceptors (Lipinski definition) is 4. The smallest absolute Gasteiger partial charge is 0.245 e. The Morgan fingerprint density at radius 1 is 1.00 bits per heavy atom. The Morgan fingerprint density at radius 2 is 1.67 bits per heavy atom. The molecule has 9 heteroatoms. The molecule has 0 saturated heterocycles. The van der Waals surface area contributed by atoms with Crippen LogP contribution < -0.4 is 14.4 Å². The maximum atomic E-state index is 13.8. The van der Waals surface area contributed by atoms with Crippen LogP contribution in [0.2, 0.25) is 0 Å². The van der Waals surface area contributed by atoms with E-state index >= 15 is 0 Å². The summed E-state index contributed by atoms with van der Waals surface area (Å²) in [6, 6.07) is 17.7. The number of anilines is 2. The standard InChI is InChI=1S/C21H18F2N2O4S/c1-30(27,28)25(14-21(26)24-18-12-11-15(22)13-17(18)23)19-9-5-6-10-20(19)29-16-7-3-2-4-8-16/h2-13H,14H2,1H3,(H,24,26). The summed E-state index contributed by atoms with van der Waals surface area (Å²) < 4.78 is 58.3. The average molecular weight is 432 g/mol. The highest BCUT2D eigenvalue weighted by Crippen LogP contribution is 2.33. The van der Waals surface area contributed by atoms with E-state index in [0.717, 1.165) is 22.7 Å². The predicted molar refractivity (Wildman–Crippen MR) is 110 cm³/mol. The molecule has 0 heterocycles. The molecule has 0 saturated carbocycles. The van der Waals surface area contributed by atoms with E-state index in [-0.39, 0.29) is 17.1 Å². The zero-order valence-electron chi connectivity index (χ0n) is 15.9. The molecule has 3 aromatic rings. The van der Waals surface area contributed by atoms with E-state index in [0.29, 0.717) is 11.8 Å². The van der Waals surface area contributed by atoms with E-state index in [1.807, 2.05) is 0 Å². The number of para-hydroxylation sites is 3. The first-order valence-corrected chi connectivity index (χ1v) is 10.6. The Bertz CT molecular complexity index is 1150. The van der Waals surface area contributed by atoms with Gasteiger partial charge in [-0.3, -0.25) is 9.10 Å². The first-order valence-electron chi connectivity index (χ1n) is 8.78. The number of sulfonamides is 1. The maximum Gasteiger partial charge on any atom is 0.245 e. The molecule has 0 radical (unpaired) electrons. The van der Waals surface area contributed by atoms with Gasteiger partial charge in [-0.1, -0.05) is 30.3 Å². The number of nitrogens with zero attached hydrogens (tertiary/aromatic N) is 1. The van der Waals surface area contributed by atoms with Gasteiger partial charge in [0.25, 0.3) is 0 Å². The fourth-order valence-corrected chi connectivity index (χ4v) is 3.52. The molecule has 0 unspecified atom stereocenters. The van der Waals surface area contributed by atoms with E-state index in [4.69, 9.17) is 4.74 Å². The van der Waals surface area contributed by atoms with Crippen LogP contribution in [-0.2, 0) is 14.8 Å². The molecule has 1 amide bonds. The molecule has 0 aliphatic heterocycles. The Kier molecular flexibility index (Phi) is 6.31. The first-order chi connectivity index (χ1) is 14.2. The third-order valence-corrected chi connectivity index (χ3v) is 5.12. The largest absolute Gasteiger partial charge is 0.455 e. The average Bonchev–Trinajstić information content (AvgIpc) is 2.69. The van der Waals surface area contributed by atoms with Gasteiger partial charge in [-0.25, -0.2) is 17.2 Å². The lowest BCUT2D eigenvalue weighted by Gasteiger charge is -2.24. The minimum atomic E-state index is -3.90. The molecule has 0 atom stereocenters. The summed E-state index contributed by atoms with van der Waals surface area (Å²) in [5.74, 6) is -1.87. The summed E-state index contributed by atoms with van der Waals surface area (Å²) in [7, 11) is -3.90. The highest BCUT2D eigenvalue weighted by molar-refractivity contribution is 7.92. The van der Waals surface area contributed by atoms with Crippen molar-refractivity contribution in [2.24, 2.45) is 0 Å². The first kappa shape index (κ1) is 21.3. The molecular formula is C21H18F2N2O4S. The number of ether oxygens (including phenoxy) is 1. The van der Waals surface area contributed by atoms with Crippen molar-refractivity contribution in [3.8, 4) is 11.5 Å². The van der Waals surface area contributed by atoms with E-state index in [9.17, 15) is 22.0 Å². The third-order valence-electron chi connectivity index (χ3n) is 4.00. The molecule has 0 aliphatic carbocycles. The zero-order chi connectivity index (χ0) is 21.7. The monoisotopic (exact) mass is 432 g/mol. The second-order valence-corrected chi connectivity index (χ2v) is 8.23. The minimum absolute atomic E-state index is 0.138. The number of nitrogens with one attached hydrogen (secondary N) is 1. The molecule has 0 bridgehead atoms. The maximum absolute atomic E-state index is 13.8. The number of rotatable bonds is 7. The Morgan fingerprint density at radius 3 is 2.33 bits per heavy atom. The summed E-state index contributed by atoms with van der Waals surface area (Å²) in [4.78, 5) is 12.4. The van der Waals surface area contributed by atoms with Crippen LogP contribution in [0.15, 0.2) is 72.8 Å². The number of halogens is 2. The van der Waals surface area contributed by atoms with Gasteiger partial charge in [0, 0.05) is 6.07 Å². The number of carbonyl (C=O) groups excluding carboxylic acids is 1. The lowest BCUT2D eigenvalue weighted by molar-refractivity contribution is -0.114. The summed E-state index contributed by atoms with van der Waals surface area (Å²) in [6.07, 6.45) is 0.943. The number of hydrogen-bond donors (Lipinski definition) is 1. The van der Waals surface area contributed by atoms with Gasteiger partial charge >= 0.3 is 0 Å². The van der Waals surface area contributed by atoms with Crippen molar-refractivity contribution < 1.29 is 26.7 Å². The number of benzene rings is 3. The molecule has 3 aromatic carbocycles. The SMILES string of the molecule is CS(=O)(=O)N(CC(=O)Nc1ccc(F)cc1F)c1ccccc1Oc1ccccc1. The summed E-state index contributed by atoms with van der Waals surface area (Å²) in [5.41, 5.74) is -0.123. The van der Waals surface area contributed by atoms with E-state index in [1.165, 1.54) is 6.07 Å². The van der Waals surface area contributed by atoms with Gasteiger partial charge in [-0.15, -0.1) is 0 Å². The van der Waals surface area contributed by atoms with Crippen LogP contribution in [0, 0.1) is 11.6 Å². The second kappa shape index (κ2) is 8.91. The molecule has 0 aliphatic rings. The van der Waals surface area contributed by atoms with Gasteiger partial charge < -0.3 is 10.1 Å².